The summed E-state index contributed by atoms with van der Waals surface area (Å²) >= 11 is 0. The third-order valence-electron chi connectivity index (χ3n) is 6.15. The van der Waals surface area contributed by atoms with Crippen molar-refractivity contribution in [2.24, 2.45) is 0 Å². The van der Waals surface area contributed by atoms with Crippen molar-refractivity contribution in [2.45, 2.75) is 51.2 Å². The number of amides is 1. The molecule has 32 heavy (non-hydrogen) atoms. The molecule has 0 aliphatic carbocycles. The molecule has 8 heteroatoms. The highest BCUT2D eigenvalue weighted by Gasteiger charge is 2.22. The molecule has 2 aliphatic heterocycles. The quantitative estimate of drug-likeness (QED) is 0.666. The number of ether oxygens (including phenoxy) is 1. The Bertz CT molecular complexity index is 1200. The predicted molar refractivity (Wildman–Crippen MR) is 116 cm³/mol. The molecule has 0 saturated heterocycles. The lowest BCUT2D eigenvalue weighted by molar-refractivity contribution is -0.121. The van der Waals surface area contributed by atoms with Gasteiger partial charge >= 0.3 is 5.69 Å². The van der Waals surface area contributed by atoms with Gasteiger partial charge < -0.3 is 10.1 Å². The van der Waals surface area contributed by atoms with Crippen molar-refractivity contribution in [3.05, 3.63) is 81.3 Å². The first-order valence-electron chi connectivity index (χ1n) is 11.0. The second-order valence-corrected chi connectivity index (χ2v) is 8.44. The highest BCUT2D eigenvalue weighted by atomic mass is 19.1. The van der Waals surface area contributed by atoms with E-state index in [2.05, 4.69) is 10.4 Å². The molecule has 7 nitrogen and oxygen atoms in total. The normalized spacial score (nSPS) is 17.2. The Hall–Kier alpha value is -3.42. The Morgan fingerprint density at radius 3 is 2.78 bits per heavy atom. The average Bonchev–Trinajstić information content (AvgIpc) is 3.29. The summed E-state index contributed by atoms with van der Waals surface area (Å²) in [7, 11) is 0. The van der Waals surface area contributed by atoms with E-state index in [1.54, 1.807) is 16.7 Å². The molecule has 2 aliphatic rings. The van der Waals surface area contributed by atoms with Gasteiger partial charge in [0.1, 0.15) is 17.4 Å². The zero-order valence-electron chi connectivity index (χ0n) is 17.7. The molecule has 2 aromatic carbocycles. The van der Waals surface area contributed by atoms with Crippen LogP contribution < -0.4 is 15.7 Å². The van der Waals surface area contributed by atoms with Crippen LogP contribution in [0.3, 0.4) is 0 Å². The summed E-state index contributed by atoms with van der Waals surface area (Å²) in [5.41, 5.74) is 2.80. The minimum atomic E-state index is -0.306. The Balaban J connectivity index is 1.19. The third kappa shape index (κ3) is 4.30. The van der Waals surface area contributed by atoms with Crippen LogP contribution >= 0.6 is 0 Å². The predicted octanol–water partition coefficient (Wildman–Crippen LogP) is 2.23. The van der Waals surface area contributed by atoms with Gasteiger partial charge in [0.2, 0.25) is 5.91 Å². The third-order valence-corrected chi connectivity index (χ3v) is 6.15. The van der Waals surface area contributed by atoms with Crippen LogP contribution in [-0.2, 0) is 37.1 Å². The van der Waals surface area contributed by atoms with Crippen LogP contribution in [0.25, 0.3) is 0 Å². The van der Waals surface area contributed by atoms with Crippen LogP contribution in [0.15, 0.2) is 47.3 Å². The smallest absolute Gasteiger partial charge is 0.346 e. The van der Waals surface area contributed by atoms with Crippen molar-refractivity contribution in [1.29, 1.82) is 0 Å². The molecular formula is C24H25FN4O3. The molecule has 1 N–H and O–H groups in total. The Kier molecular flexibility index (Phi) is 5.51. The molecule has 0 radical (unpaired) electrons. The number of benzene rings is 2. The maximum atomic E-state index is 13.1. The maximum absolute atomic E-state index is 13.1. The lowest BCUT2D eigenvalue weighted by atomic mass is 10.0. The molecular weight excluding hydrogens is 411 g/mol. The number of rotatable bonds is 5. The van der Waals surface area contributed by atoms with Crippen molar-refractivity contribution in [2.75, 3.05) is 6.61 Å². The molecule has 166 valence electrons. The average molecular weight is 436 g/mol. The number of nitrogens with one attached hydrogen (secondary N) is 1. The molecule has 0 bridgehead atoms. The highest BCUT2D eigenvalue weighted by molar-refractivity contribution is 5.79. The van der Waals surface area contributed by atoms with Crippen LogP contribution in [0.1, 0.15) is 35.4 Å². The molecule has 0 fully saturated rings. The fourth-order valence-electron chi connectivity index (χ4n) is 4.45. The van der Waals surface area contributed by atoms with Crippen molar-refractivity contribution < 1.29 is 13.9 Å². The van der Waals surface area contributed by atoms with Crippen molar-refractivity contribution >= 4 is 5.91 Å². The monoisotopic (exact) mass is 436 g/mol. The molecule has 0 saturated carbocycles. The number of carbonyl (C=O) groups is 1. The van der Waals surface area contributed by atoms with Crippen molar-refractivity contribution in [3.8, 4) is 5.75 Å². The van der Waals surface area contributed by atoms with E-state index in [4.69, 9.17) is 4.74 Å². The van der Waals surface area contributed by atoms with Gasteiger partial charge in [0.25, 0.3) is 0 Å². The topological polar surface area (TPSA) is 78.2 Å². The van der Waals surface area contributed by atoms with E-state index in [9.17, 15) is 14.0 Å². The first-order chi connectivity index (χ1) is 15.5. The molecule has 0 spiro atoms. The van der Waals surface area contributed by atoms with Crippen LogP contribution in [0.2, 0.25) is 0 Å². The number of aryl methyl sites for hydroxylation is 1. The molecule has 3 aromatic rings. The van der Waals surface area contributed by atoms with Gasteiger partial charge in [0, 0.05) is 25.4 Å². The van der Waals surface area contributed by atoms with Crippen LogP contribution in [0, 0.1) is 5.82 Å². The molecule has 1 aromatic heterocycles. The molecule has 3 heterocycles. The fraction of sp³-hybridized carbons (Fsp3) is 0.375. The fourth-order valence-corrected chi connectivity index (χ4v) is 4.45. The lowest BCUT2D eigenvalue weighted by Crippen LogP contribution is -2.36. The zero-order chi connectivity index (χ0) is 22.1. The molecule has 1 unspecified atom stereocenters. The number of nitrogens with zero attached hydrogens (tertiary/aromatic N) is 3. The van der Waals surface area contributed by atoms with E-state index in [0.29, 0.717) is 39.0 Å². The summed E-state index contributed by atoms with van der Waals surface area (Å²) in [6, 6.07) is 12.0. The molecule has 1 atom stereocenters. The summed E-state index contributed by atoms with van der Waals surface area (Å²) in [6.45, 7) is 1.53. The zero-order valence-corrected chi connectivity index (χ0v) is 17.7. The summed E-state index contributed by atoms with van der Waals surface area (Å²) in [5.74, 6) is 1.33. The van der Waals surface area contributed by atoms with Gasteiger partial charge in [0.15, 0.2) is 0 Å². The summed E-state index contributed by atoms with van der Waals surface area (Å²) < 4.78 is 21.8. The second kappa shape index (κ2) is 8.61. The van der Waals surface area contributed by atoms with Crippen LogP contribution in [-0.4, -0.2) is 32.9 Å². The largest absolute Gasteiger partial charge is 0.493 e. The number of halogens is 1. The van der Waals surface area contributed by atoms with E-state index in [1.165, 1.54) is 16.8 Å². The van der Waals surface area contributed by atoms with Gasteiger partial charge in [-0.2, -0.15) is 5.10 Å². The first-order valence-corrected chi connectivity index (χ1v) is 11.0. The maximum Gasteiger partial charge on any atom is 0.346 e. The number of aromatic nitrogens is 3. The minimum absolute atomic E-state index is 0.00640. The Morgan fingerprint density at radius 1 is 1.12 bits per heavy atom. The summed E-state index contributed by atoms with van der Waals surface area (Å²) in [5, 5.41) is 7.61. The molecule has 1 amide bonds. The van der Waals surface area contributed by atoms with E-state index in [-0.39, 0.29) is 23.5 Å². The van der Waals surface area contributed by atoms with Gasteiger partial charge in [-0.3, -0.25) is 9.36 Å². The summed E-state index contributed by atoms with van der Waals surface area (Å²) in [6.07, 6.45) is 3.25. The van der Waals surface area contributed by atoms with Gasteiger partial charge in [-0.1, -0.05) is 24.3 Å². The Morgan fingerprint density at radius 2 is 1.94 bits per heavy atom. The standard InChI is InChI=1S/C24H25FN4O3/c25-19-4-1-16(2-5-19)15-29-24(31)28-11-9-20(6-8-22(28)27-29)26-23(30)14-17-3-7-21-18(13-17)10-12-32-21/h1-5,7,13,20H,6,8-12,14-15H2,(H,26,30). The van der Waals surface area contributed by atoms with Gasteiger partial charge in [-0.15, -0.1) is 0 Å². The summed E-state index contributed by atoms with van der Waals surface area (Å²) in [4.78, 5) is 25.4. The van der Waals surface area contributed by atoms with Gasteiger partial charge in [-0.25, -0.2) is 13.9 Å². The molecule has 5 rings (SSSR count). The van der Waals surface area contributed by atoms with Gasteiger partial charge in [0.05, 0.1) is 19.6 Å². The van der Waals surface area contributed by atoms with E-state index in [1.807, 2.05) is 18.2 Å². The van der Waals surface area contributed by atoms with Crippen LogP contribution in [0.4, 0.5) is 4.39 Å². The lowest BCUT2D eigenvalue weighted by Gasteiger charge is -2.16. The van der Waals surface area contributed by atoms with Crippen LogP contribution in [0.5, 0.6) is 5.75 Å². The van der Waals surface area contributed by atoms with Crippen molar-refractivity contribution in [1.82, 2.24) is 19.7 Å². The number of hydrogen-bond acceptors (Lipinski definition) is 4. The van der Waals surface area contributed by atoms with E-state index >= 15 is 0 Å². The number of hydrogen-bond donors (Lipinski definition) is 1. The van der Waals surface area contributed by atoms with Crippen molar-refractivity contribution in [3.63, 3.8) is 0 Å². The van der Waals surface area contributed by atoms with E-state index < -0.39 is 0 Å². The van der Waals surface area contributed by atoms with Gasteiger partial charge in [-0.05, 0) is 47.7 Å². The van der Waals surface area contributed by atoms with E-state index in [0.717, 1.165) is 41.1 Å². The first kappa shape index (κ1) is 20.5. The highest BCUT2D eigenvalue weighted by Crippen LogP contribution is 2.26. The number of fused-ring (bicyclic) bond motifs is 2. The Labute approximate surface area is 184 Å². The second-order valence-electron chi connectivity index (χ2n) is 8.44. The SMILES string of the molecule is O=C(Cc1ccc2c(c1)CCO2)NC1CCc2nn(Cc3ccc(F)cc3)c(=O)n2CC1. The number of carbonyl (C=O) groups excluding carboxylic acids is 1. The minimum Gasteiger partial charge on any atom is -0.493 e.